The van der Waals surface area contributed by atoms with E-state index in [2.05, 4.69) is 25.9 Å². The van der Waals surface area contributed by atoms with Crippen LogP contribution in [0.2, 0.25) is 5.15 Å². The number of methoxy groups -OCH3 is 1. The van der Waals surface area contributed by atoms with Gasteiger partial charge in [-0.3, -0.25) is 0 Å². The number of benzene rings is 1. The monoisotopic (exact) mass is 350 g/mol. The van der Waals surface area contributed by atoms with Crippen molar-refractivity contribution in [2.75, 3.05) is 7.11 Å². The molecule has 1 aromatic heterocycles. The van der Waals surface area contributed by atoms with Gasteiger partial charge in [-0.2, -0.15) is 9.37 Å². The largest absolute Gasteiger partial charge is 0.489 e. The smallest absolute Gasteiger partial charge is 0.267 e. The molecule has 0 amide bonds. The van der Waals surface area contributed by atoms with Crippen LogP contribution in [0.3, 0.4) is 0 Å². The summed E-state index contributed by atoms with van der Waals surface area (Å²) in [6, 6.07) is 2.24. The Labute approximate surface area is 120 Å². The van der Waals surface area contributed by atoms with Crippen LogP contribution in [0.25, 0.3) is 0 Å². The van der Waals surface area contributed by atoms with Crippen molar-refractivity contribution in [2.45, 2.75) is 0 Å². The first-order valence-corrected chi connectivity index (χ1v) is 6.07. The number of hydrogen-bond donors (Lipinski definition) is 0. The number of hydrogen-bond acceptors (Lipinski definition) is 4. The summed E-state index contributed by atoms with van der Waals surface area (Å²) in [5.74, 6) is -2.62. The first kappa shape index (κ1) is 14.0. The predicted octanol–water partition coefficient (Wildman–Crippen LogP) is 3.97. The van der Waals surface area contributed by atoms with Gasteiger partial charge in [0, 0.05) is 4.47 Å². The minimum absolute atomic E-state index is 0.00313. The van der Waals surface area contributed by atoms with E-state index < -0.39 is 11.6 Å². The molecule has 0 bridgehead atoms. The molecule has 1 heterocycles. The lowest BCUT2D eigenvalue weighted by Crippen LogP contribution is -1.98. The number of nitrogens with zero attached hydrogens (tertiary/aromatic N) is 2. The summed E-state index contributed by atoms with van der Waals surface area (Å²) in [7, 11) is 1.33. The second kappa shape index (κ2) is 5.66. The lowest BCUT2D eigenvalue weighted by Gasteiger charge is -2.10. The summed E-state index contributed by atoms with van der Waals surface area (Å²) in [5.41, 5.74) is 0. The van der Waals surface area contributed by atoms with Gasteiger partial charge in [-0.25, -0.2) is 9.37 Å². The fourth-order valence-electron chi connectivity index (χ4n) is 1.29. The van der Waals surface area contributed by atoms with Gasteiger partial charge >= 0.3 is 0 Å². The minimum atomic E-state index is -1.14. The van der Waals surface area contributed by atoms with Crippen LogP contribution in [0.1, 0.15) is 0 Å². The van der Waals surface area contributed by atoms with E-state index >= 15 is 0 Å². The molecule has 2 rings (SSSR count). The maximum atomic E-state index is 13.6. The Bertz CT molecular complexity index is 628. The van der Waals surface area contributed by atoms with Crippen molar-refractivity contribution in [3.8, 4) is 17.4 Å². The van der Waals surface area contributed by atoms with Gasteiger partial charge in [-0.05, 0) is 12.1 Å². The summed E-state index contributed by atoms with van der Waals surface area (Å²) < 4.78 is 37.2. The first-order chi connectivity index (χ1) is 9.02. The molecule has 0 unspecified atom stereocenters. The number of aromatic nitrogens is 2. The highest BCUT2D eigenvalue weighted by Crippen LogP contribution is 2.36. The maximum absolute atomic E-state index is 13.6. The van der Waals surface area contributed by atoms with Crippen molar-refractivity contribution in [3.63, 3.8) is 0 Å². The average Bonchev–Trinajstić information content (AvgIpc) is 2.35. The molecule has 0 saturated heterocycles. The van der Waals surface area contributed by atoms with E-state index in [1.807, 2.05) is 0 Å². The van der Waals surface area contributed by atoms with Crippen LogP contribution in [-0.4, -0.2) is 17.1 Å². The molecule has 19 heavy (non-hydrogen) atoms. The fourth-order valence-corrected chi connectivity index (χ4v) is 1.90. The van der Waals surface area contributed by atoms with E-state index in [-0.39, 0.29) is 22.5 Å². The zero-order valence-electron chi connectivity index (χ0n) is 9.45. The van der Waals surface area contributed by atoms with Gasteiger partial charge in [0.05, 0.1) is 7.11 Å². The summed E-state index contributed by atoms with van der Waals surface area (Å²) in [6.45, 7) is 0. The highest BCUT2D eigenvalue weighted by atomic mass is 79.9. The van der Waals surface area contributed by atoms with Crippen molar-refractivity contribution in [2.24, 2.45) is 0 Å². The third-order valence-corrected chi connectivity index (χ3v) is 2.83. The number of halogens is 4. The highest BCUT2D eigenvalue weighted by Gasteiger charge is 2.17. The lowest BCUT2D eigenvalue weighted by atomic mass is 10.3. The molecule has 0 saturated carbocycles. The summed E-state index contributed by atoms with van der Waals surface area (Å²) >= 11 is 8.80. The third-order valence-electron chi connectivity index (χ3n) is 2.10. The van der Waals surface area contributed by atoms with E-state index in [1.54, 1.807) is 0 Å². The van der Waals surface area contributed by atoms with Crippen LogP contribution >= 0.6 is 27.5 Å². The minimum Gasteiger partial charge on any atom is -0.489 e. The zero-order chi connectivity index (χ0) is 14.0. The molecule has 8 heteroatoms. The molecule has 0 aliphatic rings. The van der Waals surface area contributed by atoms with Crippen LogP contribution in [0.15, 0.2) is 22.9 Å². The summed E-state index contributed by atoms with van der Waals surface area (Å²) in [4.78, 5) is 7.44. The van der Waals surface area contributed by atoms with Gasteiger partial charge < -0.3 is 9.47 Å². The van der Waals surface area contributed by atoms with Gasteiger partial charge in [-0.1, -0.05) is 27.5 Å². The Hall–Kier alpha value is -1.47. The van der Waals surface area contributed by atoms with Crippen LogP contribution in [0, 0.1) is 11.6 Å². The lowest BCUT2D eigenvalue weighted by molar-refractivity contribution is 0.353. The SMILES string of the molecule is COc1c(Cl)ncnc1Oc1cc(Br)cc(F)c1F. The molecule has 0 spiro atoms. The topological polar surface area (TPSA) is 44.2 Å². The zero-order valence-corrected chi connectivity index (χ0v) is 11.8. The maximum Gasteiger partial charge on any atom is 0.267 e. The predicted molar refractivity (Wildman–Crippen MR) is 67.7 cm³/mol. The molecule has 2 aromatic rings. The standard InChI is InChI=1S/C11H6BrClF2N2O2/c1-18-9-10(13)16-4-17-11(9)19-7-3-5(12)2-6(14)8(7)15/h2-4H,1H3. The Morgan fingerprint density at radius 1 is 1.26 bits per heavy atom. The van der Waals surface area contributed by atoms with Crippen molar-refractivity contribution in [3.05, 3.63) is 39.7 Å². The van der Waals surface area contributed by atoms with E-state index in [9.17, 15) is 8.78 Å². The molecule has 0 N–H and O–H groups in total. The second-order valence-electron chi connectivity index (χ2n) is 3.30. The van der Waals surface area contributed by atoms with Crippen LogP contribution in [0.4, 0.5) is 8.78 Å². The van der Waals surface area contributed by atoms with Crippen LogP contribution in [0.5, 0.6) is 17.4 Å². The van der Waals surface area contributed by atoms with Gasteiger partial charge in [0.1, 0.15) is 6.33 Å². The Morgan fingerprint density at radius 3 is 2.68 bits per heavy atom. The summed E-state index contributed by atoms with van der Waals surface area (Å²) in [6.07, 6.45) is 1.12. The van der Waals surface area contributed by atoms with Crippen molar-refractivity contribution in [1.82, 2.24) is 9.97 Å². The molecule has 0 aliphatic heterocycles. The first-order valence-electron chi connectivity index (χ1n) is 4.89. The van der Waals surface area contributed by atoms with E-state index in [0.717, 1.165) is 12.4 Å². The molecule has 0 fully saturated rings. The van der Waals surface area contributed by atoms with Crippen LogP contribution in [-0.2, 0) is 0 Å². The third kappa shape index (κ3) is 2.93. The molecule has 4 nitrogen and oxygen atoms in total. The number of rotatable bonds is 3. The Kier molecular flexibility index (Phi) is 4.16. The van der Waals surface area contributed by atoms with Gasteiger partial charge in [0.25, 0.3) is 5.88 Å². The van der Waals surface area contributed by atoms with Crippen molar-refractivity contribution >= 4 is 27.5 Å². The fraction of sp³-hybridized carbons (Fsp3) is 0.0909. The average molecular weight is 352 g/mol. The normalized spacial score (nSPS) is 10.4. The Balaban J connectivity index is 2.45. The molecule has 0 aliphatic carbocycles. The van der Waals surface area contributed by atoms with Gasteiger partial charge in [0.2, 0.25) is 11.6 Å². The van der Waals surface area contributed by atoms with E-state index in [0.29, 0.717) is 4.47 Å². The molecule has 100 valence electrons. The quantitative estimate of drug-likeness (QED) is 0.620. The second-order valence-corrected chi connectivity index (χ2v) is 4.58. The van der Waals surface area contributed by atoms with E-state index in [4.69, 9.17) is 21.1 Å². The van der Waals surface area contributed by atoms with Crippen LogP contribution < -0.4 is 9.47 Å². The van der Waals surface area contributed by atoms with E-state index in [1.165, 1.54) is 13.2 Å². The molecular formula is C11H6BrClF2N2O2. The molecular weight excluding hydrogens is 345 g/mol. The van der Waals surface area contributed by atoms with Gasteiger partial charge in [-0.15, -0.1) is 0 Å². The van der Waals surface area contributed by atoms with Gasteiger partial charge in [0.15, 0.2) is 16.7 Å². The Morgan fingerprint density at radius 2 is 2.00 bits per heavy atom. The molecule has 1 aromatic carbocycles. The van der Waals surface area contributed by atoms with Crippen molar-refractivity contribution in [1.29, 1.82) is 0 Å². The highest BCUT2D eigenvalue weighted by molar-refractivity contribution is 9.10. The summed E-state index contributed by atoms with van der Waals surface area (Å²) in [5, 5.41) is 0.00313. The molecule has 0 atom stereocenters. The van der Waals surface area contributed by atoms with Crippen molar-refractivity contribution < 1.29 is 18.3 Å². The molecule has 0 radical (unpaired) electrons. The number of ether oxygens (including phenoxy) is 2.